The second kappa shape index (κ2) is 10.4. The molecule has 1 saturated heterocycles. The molecule has 1 aliphatic rings. The molecule has 1 atom stereocenters. The Balaban J connectivity index is 1.16. The van der Waals surface area contributed by atoms with Crippen molar-refractivity contribution in [2.45, 2.75) is 32.0 Å². The maximum atomic E-state index is 12.4. The van der Waals surface area contributed by atoms with Crippen LogP contribution in [0.1, 0.15) is 30.0 Å². The van der Waals surface area contributed by atoms with E-state index in [2.05, 4.69) is 20.9 Å². The number of benzene rings is 2. The molecule has 2 aromatic heterocycles. The number of aromatic nitrogens is 2. The first-order valence-electron chi connectivity index (χ1n) is 11.8. The summed E-state index contributed by atoms with van der Waals surface area (Å²) in [5.74, 6) is -0.0383. The van der Waals surface area contributed by atoms with Gasteiger partial charge >= 0.3 is 6.03 Å². The number of nitrogens with zero attached hydrogens (tertiary/aromatic N) is 2. The first-order valence-corrected chi connectivity index (χ1v) is 11.8. The van der Waals surface area contributed by atoms with Gasteiger partial charge in [-0.05, 0) is 53.9 Å². The van der Waals surface area contributed by atoms with Crippen molar-refractivity contribution >= 4 is 34.3 Å². The van der Waals surface area contributed by atoms with Crippen molar-refractivity contribution in [2.75, 3.05) is 5.32 Å². The van der Waals surface area contributed by atoms with Crippen LogP contribution in [-0.4, -0.2) is 32.5 Å². The third kappa shape index (κ3) is 5.53. The van der Waals surface area contributed by atoms with Crippen LogP contribution in [0.5, 0.6) is 11.6 Å². The third-order valence-electron chi connectivity index (χ3n) is 6.15. The van der Waals surface area contributed by atoms with E-state index in [-0.39, 0.29) is 30.8 Å². The van der Waals surface area contributed by atoms with Crippen LogP contribution < -0.4 is 20.7 Å². The summed E-state index contributed by atoms with van der Waals surface area (Å²) in [6, 6.07) is 15.3. The molecule has 188 valence electrons. The Morgan fingerprint density at radius 2 is 1.84 bits per heavy atom. The number of pyridine rings is 1. The molecule has 0 bridgehead atoms. The molecule has 0 aliphatic carbocycles. The molecule has 1 fully saturated rings. The SMILES string of the molecule is O=C1CCC(n2cc3cc(CNC(=O)Nc4ccc(COc5ccncc5)cc4)ccc3c2O)C(=O)N1. The first-order chi connectivity index (χ1) is 18.0. The van der Waals surface area contributed by atoms with Gasteiger partial charge in [0.15, 0.2) is 5.88 Å². The van der Waals surface area contributed by atoms with E-state index in [1.807, 2.05) is 18.2 Å². The van der Waals surface area contributed by atoms with Gasteiger partial charge in [0.1, 0.15) is 18.4 Å². The Morgan fingerprint density at radius 1 is 1.08 bits per heavy atom. The van der Waals surface area contributed by atoms with Crippen LogP contribution >= 0.6 is 0 Å². The average Bonchev–Trinajstić information content (AvgIpc) is 3.23. The molecule has 1 aliphatic heterocycles. The van der Waals surface area contributed by atoms with Crippen LogP contribution in [0.3, 0.4) is 0 Å². The van der Waals surface area contributed by atoms with E-state index < -0.39 is 11.9 Å². The topological polar surface area (TPSA) is 135 Å². The van der Waals surface area contributed by atoms with Crippen molar-refractivity contribution < 1.29 is 24.2 Å². The van der Waals surface area contributed by atoms with Gasteiger partial charge in [-0.2, -0.15) is 0 Å². The monoisotopic (exact) mass is 499 g/mol. The Labute approximate surface area is 212 Å². The van der Waals surface area contributed by atoms with Crippen LogP contribution in [0.2, 0.25) is 0 Å². The van der Waals surface area contributed by atoms with Gasteiger partial charge in [-0.3, -0.25) is 19.9 Å². The second-order valence-electron chi connectivity index (χ2n) is 8.72. The van der Waals surface area contributed by atoms with Gasteiger partial charge in [-0.1, -0.05) is 18.2 Å². The number of urea groups is 1. The number of fused-ring (bicyclic) bond motifs is 1. The van der Waals surface area contributed by atoms with E-state index in [0.717, 1.165) is 22.3 Å². The fourth-order valence-corrected chi connectivity index (χ4v) is 4.21. The van der Waals surface area contributed by atoms with Gasteiger partial charge in [-0.25, -0.2) is 4.79 Å². The van der Waals surface area contributed by atoms with Crippen molar-refractivity contribution in [3.05, 3.63) is 84.3 Å². The molecule has 2 aromatic carbocycles. The molecule has 0 saturated carbocycles. The molecule has 4 N–H and O–H groups in total. The fraction of sp³-hybridized carbons (Fsp3) is 0.185. The predicted molar refractivity (Wildman–Crippen MR) is 136 cm³/mol. The molecular weight excluding hydrogens is 474 g/mol. The number of hydrogen-bond donors (Lipinski definition) is 4. The molecule has 10 nitrogen and oxygen atoms in total. The molecule has 4 aromatic rings. The highest BCUT2D eigenvalue weighted by Gasteiger charge is 2.30. The molecular formula is C27H25N5O5. The number of hydrogen-bond acceptors (Lipinski definition) is 6. The minimum absolute atomic E-state index is 0.0311. The normalized spacial score (nSPS) is 15.3. The lowest BCUT2D eigenvalue weighted by Crippen LogP contribution is -2.41. The van der Waals surface area contributed by atoms with Crippen molar-refractivity contribution in [3.8, 4) is 11.6 Å². The number of ether oxygens (including phenoxy) is 1. The largest absolute Gasteiger partial charge is 0.494 e. The lowest BCUT2D eigenvalue weighted by Gasteiger charge is -2.22. The van der Waals surface area contributed by atoms with Gasteiger partial charge in [0, 0.05) is 48.0 Å². The third-order valence-corrected chi connectivity index (χ3v) is 6.15. The van der Waals surface area contributed by atoms with Crippen molar-refractivity contribution in [3.63, 3.8) is 0 Å². The van der Waals surface area contributed by atoms with Crippen LogP contribution in [0, 0.1) is 0 Å². The van der Waals surface area contributed by atoms with Crippen LogP contribution in [-0.2, 0) is 22.7 Å². The number of piperidine rings is 1. The second-order valence-corrected chi connectivity index (χ2v) is 8.72. The van der Waals surface area contributed by atoms with Gasteiger partial charge in [-0.15, -0.1) is 0 Å². The lowest BCUT2D eigenvalue weighted by molar-refractivity contribution is -0.135. The lowest BCUT2D eigenvalue weighted by atomic mass is 10.1. The quantitative estimate of drug-likeness (QED) is 0.287. The highest BCUT2D eigenvalue weighted by molar-refractivity contribution is 6.00. The minimum Gasteiger partial charge on any atom is -0.494 e. The van der Waals surface area contributed by atoms with Gasteiger partial charge in [0.2, 0.25) is 11.8 Å². The molecule has 3 heterocycles. The maximum absolute atomic E-state index is 12.4. The summed E-state index contributed by atoms with van der Waals surface area (Å²) in [6.45, 7) is 0.670. The highest BCUT2D eigenvalue weighted by Crippen LogP contribution is 2.33. The van der Waals surface area contributed by atoms with E-state index in [9.17, 15) is 19.5 Å². The predicted octanol–water partition coefficient (Wildman–Crippen LogP) is 3.62. The molecule has 0 spiro atoms. The molecule has 1 unspecified atom stereocenters. The van der Waals surface area contributed by atoms with E-state index in [0.29, 0.717) is 24.1 Å². The summed E-state index contributed by atoms with van der Waals surface area (Å²) in [7, 11) is 0. The highest BCUT2D eigenvalue weighted by atomic mass is 16.5. The summed E-state index contributed by atoms with van der Waals surface area (Å²) in [5.41, 5.74) is 2.43. The van der Waals surface area contributed by atoms with Crippen LogP contribution in [0.4, 0.5) is 10.5 Å². The minimum atomic E-state index is -0.647. The molecule has 37 heavy (non-hydrogen) atoms. The van der Waals surface area contributed by atoms with Gasteiger partial charge < -0.3 is 25.0 Å². The van der Waals surface area contributed by atoms with Crippen molar-refractivity contribution in [1.29, 1.82) is 0 Å². The average molecular weight is 500 g/mol. The summed E-state index contributed by atoms with van der Waals surface area (Å²) >= 11 is 0. The molecule has 5 rings (SSSR count). The first kappa shape index (κ1) is 23.9. The molecule has 4 amide bonds. The fourth-order valence-electron chi connectivity index (χ4n) is 4.21. The number of carbonyl (C=O) groups excluding carboxylic acids is 3. The number of imide groups is 1. The Kier molecular flexibility index (Phi) is 6.71. The smallest absolute Gasteiger partial charge is 0.319 e. The van der Waals surface area contributed by atoms with Crippen LogP contribution in [0.25, 0.3) is 10.8 Å². The van der Waals surface area contributed by atoms with Gasteiger partial charge in [0.25, 0.3) is 0 Å². The zero-order chi connectivity index (χ0) is 25.8. The number of anilines is 1. The zero-order valence-electron chi connectivity index (χ0n) is 19.8. The zero-order valence-corrected chi connectivity index (χ0v) is 19.8. The van der Waals surface area contributed by atoms with Gasteiger partial charge in [0.05, 0.1) is 0 Å². The standard InChI is InChI=1S/C27H25N5O5/c33-24-8-7-23(25(34)31-24)32-15-19-13-18(3-6-22(19)26(32)35)14-29-27(36)30-20-4-1-17(2-5-20)16-37-21-9-11-28-12-10-21/h1-6,9-13,15,23,35H,7-8,14,16H2,(H2,29,30,36)(H,31,33,34). The van der Waals surface area contributed by atoms with E-state index >= 15 is 0 Å². The number of aromatic hydroxyl groups is 1. The number of rotatable bonds is 7. The van der Waals surface area contributed by atoms with E-state index in [1.54, 1.807) is 55.0 Å². The number of carbonyl (C=O) groups is 3. The van der Waals surface area contributed by atoms with Crippen molar-refractivity contribution in [1.82, 2.24) is 20.2 Å². The Hall–Kier alpha value is -4.86. The number of nitrogens with one attached hydrogen (secondary N) is 3. The van der Waals surface area contributed by atoms with Crippen molar-refractivity contribution in [2.24, 2.45) is 0 Å². The Bertz CT molecular complexity index is 1450. The summed E-state index contributed by atoms with van der Waals surface area (Å²) in [6.07, 6.45) is 5.57. The summed E-state index contributed by atoms with van der Waals surface area (Å²) < 4.78 is 7.18. The number of amides is 4. The van der Waals surface area contributed by atoms with E-state index in [1.165, 1.54) is 4.57 Å². The maximum Gasteiger partial charge on any atom is 0.319 e. The van der Waals surface area contributed by atoms with E-state index in [4.69, 9.17) is 4.74 Å². The van der Waals surface area contributed by atoms with Crippen LogP contribution in [0.15, 0.2) is 73.2 Å². The molecule has 10 heteroatoms. The summed E-state index contributed by atoms with van der Waals surface area (Å²) in [4.78, 5) is 40.0. The Morgan fingerprint density at radius 3 is 2.59 bits per heavy atom. The summed E-state index contributed by atoms with van der Waals surface area (Å²) in [5, 5.41) is 19.9. The molecule has 0 radical (unpaired) electrons.